The van der Waals surface area contributed by atoms with Crippen molar-refractivity contribution in [2.75, 3.05) is 11.5 Å². The third-order valence-electron chi connectivity index (χ3n) is 4.01. The van der Waals surface area contributed by atoms with E-state index in [0.717, 1.165) is 0 Å². The van der Waals surface area contributed by atoms with Crippen molar-refractivity contribution < 1.29 is 29.4 Å². The van der Waals surface area contributed by atoms with Crippen molar-refractivity contribution >= 4 is 48.9 Å². The Labute approximate surface area is 183 Å². The summed E-state index contributed by atoms with van der Waals surface area (Å²) in [6.07, 6.45) is 1.76. The van der Waals surface area contributed by atoms with Crippen molar-refractivity contribution in [3.63, 3.8) is 0 Å². The molecule has 3 amide bonds. The SMILES string of the molecule is CC(O)C(NC(=O)C(CS)NC(=O)C(N)Cc1cnc[nH]1)C(=O)NC(CS)C(=O)O. The normalized spacial score (nSPS) is 15.9. The number of carboxylic acid groups (broad SMARTS) is 1. The molecule has 8 N–H and O–H groups in total. The number of nitrogens with one attached hydrogen (secondary N) is 4. The monoisotopic (exact) mass is 462 g/mol. The van der Waals surface area contributed by atoms with Crippen LogP contribution in [0.1, 0.15) is 12.6 Å². The number of rotatable bonds is 12. The molecule has 5 unspecified atom stereocenters. The summed E-state index contributed by atoms with van der Waals surface area (Å²) in [4.78, 5) is 54.7. The van der Waals surface area contributed by atoms with Crippen molar-refractivity contribution in [1.29, 1.82) is 0 Å². The Morgan fingerprint density at radius 1 is 1.10 bits per heavy atom. The summed E-state index contributed by atoms with van der Waals surface area (Å²) >= 11 is 7.86. The number of aromatic nitrogens is 2. The Balaban J connectivity index is 2.74. The number of aliphatic hydroxyl groups excluding tert-OH is 1. The molecule has 168 valence electrons. The lowest BCUT2D eigenvalue weighted by atomic mass is 10.1. The Morgan fingerprint density at radius 3 is 2.17 bits per heavy atom. The lowest BCUT2D eigenvalue weighted by Crippen LogP contribution is -2.60. The maximum atomic E-state index is 12.5. The van der Waals surface area contributed by atoms with Crippen LogP contribution in [-0.4, -0.2) is 85.6 Å². The third-order valence-corrected chi connectivity index (χ3v) is 4.74. The summed E-state index contributed by atoms with van der Waals surface area (Å²) in [5.41, 5.74) is 6.46. The molecule has 0 saturated carbocycles. The van der Waals surface area contributed by atoms with E-state index in [1.807, 2.05) is 0 Å². The van der Waals surface area contributed by atoms with Gasteiger partial charge in [0.25, 0.3) is 0 Å². The number of carbonyl (C=O) groups is 4. The van der Waals surface area contributed by atoms with Gasteiger partial charge in [-0.25, -0.2) is 9.78 Å². The minimum absolute atomic E-state index is 0.114. The summed E-state index contributed by atoms with van der Waals surface area (Å²) in [6, 6.07) is -4.89. The molecule has 1 rings (SSSR count). The zero-order chi connectivity index (χ0) is 22.8. The number of aliphatic hydroxyl groups is 1. The highest BCUT2D eigenvalue weighted by atomic mass is 32.1. The first kappa shape index (κ1) is 25.7. The lowest BCUT2D eigenvalue weighted by molar-refractivity contribution is -0.142. The van der Waals surface area contributed by atoms with Gasteiger partial charge in [0.05, 0.1) is 18.5 Å². The second kappa shape index (κ2) is 12.4. The van der Waals surface area contributed by atoms with Crippen LogP contribution in [-0.2, 0) is 25.6 Å². The van der Waals surface area contributed by atoms with E-state index >= 15 is 0 Å². The number of imidazole rings is 1. The highest BCUT2D eigenvalue weighted by molar-refractivity contribution is 7.80. The fourth-order valence-corrected chi connectivity index (χ4v) is 2.81. The van der Waals surface area contributed by atoms with Gasteiger partial charge in [-0.1, -0.05) is 0 Å². The van der Waals surface area contributed by atoms with E-state index in [9.17, 15) is 24.3 Å². The van der Waals surface area contributed by atoms with E-state index in [1.54, 1.807) is 0 Å². The molecular weight excluding hydrogens is 436 g/mol. The molecule has 30 heavy (non-hydrogen) atoms. The average Bonchev–Trinajstić information content (AvgIpc) is 3.19. The van der Waals surface area contributed by atoms with Gasteiger partial charge >= 0.3 is 5.97 Å². The van der Waals surface area contributed by atoms with Gasteiger partial charge in [0.15, 0.2) is 0 Å². The van der Waals surface area contributed by atoms with E-state index in [2.05, 4.69) is 51.2 Å². The first-order valence-corrected chi connectivity index (χ1v) is 10.1. The molecular formula is C16H26N6O6S2. The summed E-state index contributed by atoms with van der Waals surface area (Å²) in [6.45, 7) is 1.25. The van der Waals surface area contributed by atoms with Crippen LogP contribution in [0.5, 0.6) is 0 Å². The van der Waals surface area contributed by atoms with Crippen molar-refractivity contribution in [3.05, 3.63) is 18.2 Å². The van der Waals surface area contributed by atoms with Gasteiger partial charge in [-0.3, -0.25) is 14.4 Å². The number of hydrogen-bond acceptors (Lipinski definition) is 9. The standard InChI is InChI=1S/C16H26N6O6S2/c1-7(23)12(15(26)21-11(5-30)16(27)28)22-14(25)10(4-29)20-13(24)9(17)2-8-3-18-6-19-8/h3,6-7,9-12,23,29-30H,2,4-5,17H2,1H3,(H,18,19)(H,20,24)(H,21,26)(H,22,25)(H,27,28). The molecule has 5 atom stereocenters. The van der Waals surface area contributed by atoms with Gasteiger partial charge in [0, 0.05) is 29.8 Å². The number of nitrogens with zero attached hydrogens (tertiary/aromatic N) is 1. The molecule has 0 bridgehead atoms. The second-order valence-corrected chi connectivity index (χ2v) is 7.17. The molecule has 14 heteroatoms. The number of carbonyl (C=O) groups excluding carboxylic acids is 3. The van der Waals surface area contributed by atoms with Crippen LogP contribution < -0.4 is 21.7 Å². The minimum Gasteiger partial charge on any atom is -0.480 e. The molecule has 12 nitrogen and oxygen atoms in total. The van der Waals surface area contributed by atoms with Crippen molar-refractivity contribution in [3.8, 4) is 0 Å². The van der Waals surface area contributed by atoms with Gasteiger partial charge in [0.1, 0.15) is 18.1 Å². The van der Waals surface area contributed by atoms with E-state index in [-0.39, 0.29) is 17.9 Å². The van der Waals surface area contributed by atoms with Gasteiger partial charge < -0.3 is 36.9 Å². The van der Waals surface area contributed by atoms with E-state index in [0.29, 0.717) is 5.69 Å². The number of thiol groups is 2. The minimum atomic E-state index is -1.46. The van der Waals surface area contributed by atoms with E-state index in [1.165, 1.54) is 19.4 Å². The fourth-order valence-electron chi connectivity index (χ4n) is 2.30. The molecule has 0 aromatic carbocycles. The first-order chi connectivity index (χ1) is 14.1. The summed E-state index contributed by atoms with van der Waals surface area (Å²) < 4.78 is 0. The van der Waals surface area contributed by atoms with Crippen LogP contribution in [0.2, 0.25) is 0 Å². The van der Waals surface area contributed by atoms with Gasteiger partial charge in [-0.2, -0.15) is 25.3 Å². The molecule has 1 aromatic rings. The molecule has 0 spiro atoms. The molecule has 0 aliphatic heterocycles. The molecule has 0 radical (unpaired) electrons. The predicted octanol–water partition coefficient (Wildman–Crippen LogP) is -2.94. The smallest absolute Gasteiger partial charge is 0.327 e. The number of H-pyrrole nitrogens is 1. The molecule has 1 heterocycles. The Bertz CT molecular complexity index is 732. The Morgan fingerprint density at radius 2 is 1.70 bits per heavy atom. The largest absolute Gasteiger partial charge is 0.480 e. The fraction of sp³-hybridized carbons (Fsp3) is 0.562. The number of hydrogen-bond donors (Lipinski definition) is 9. The number of amides is 3. The Kier molecular flexibility index (Phi) is 10.7. The zero-order valence-corrected chi connectivity index (χ0v) is 17.9. The molecule has 0 aliphatic rings. The van der Waals surface area contributed by atoms with Crippen molar-refractivity contribution in [1.82, 2.24) is 25.9 Å². The van der Waals surface area contributed by atoms with Crippen LogP contribution in [0, 0.1) is 0 Å². The second-order valence-electron chi connectivity index (χ2n) is 6.44. The maximum Gasteiger partial charge on any atom is 0.327 e. The quantitative estimate of drug-likeness (QED) is 0.147. The maximum absolute atomic E-state index is 12.5. The van der Waals surface area contributed by atoms with Gasteiger partial charge in [-0.15, -0.1) is 0 Å². The Hall–Kier alpha value is -2.29. The van der Waals surface area contributed by atoms with Crippen molar-refractivity contribution in [2.45, 2.75) is 43.6 Å². The highest BCUT2D eigenvalue weighted by Crippen LogP contribution is 2.01. The van der Waals surface area contributed by atoms with Crippen LogP contribution in [0.15, 0.2) is 12.5 Å². The van der Waals surface area contributed by atoms with Crippen LogP contribution in [0.4, 0.5) is 0 Å². The van der Waals surface area contributed by atoms with Gasteiger partial charge in [-0.05, 0) is 6.92 Å². The predicted molar refractivity (Wildman–Crippen MR) is 113 cm³/mol. The summed E-state index contributed by atoms with van der Waals surface area (Å²) in [7, 11) is 0. The number of nitrogens with two attached hydrogens (primary N) is 1. The first-order valence-electron chi connectivity index (χ1n) is 8.87. The molecule has 1 aromatic heterocycles. The average molecular weight is 463 g/mol. The zero-order valence-electron chi connectivity index (χ0n) is 16.1. The van der Waals surface area contributed by atoms with Crippen LogP contribution >= 0.6 is 25.3 Å². The number of aromatic amines is 1. The van der Waals surface area contributed by atoms with Crippen LogP contribution in [0.3, 0.4) is 0 Å². The topological polar surface area (TPSA) is 200 Å². The van der Waals surface area contributed by atoms with Gasteiger partial charge in [0.2, 0.25) is 17.7 Å². The molecule has 0 saturated heterocycles. The summed E-state index contributed by atoms with van der Waals surface area (Å²) in [5, 5.41) is 25.7. The molecule has 0 fully saturated rings. The summed E-state index contributed by atoms with van der Waals surface area (Å²) in [5.74, 6) is -3.97. The third kappa shape index (κ3) is 7.85. The molecule has 0 aliphatic carbocycles. The lowest BCUT2D eigenvalue weighted by Gasteiger charge is -2.25. The highest BCUT2D eigenvalue weighted by Gasteiger charge is 2.32. The number of carboxylic acids is 1. The van der Waals surface area contributed by atoms with Crippen molar-refractivity contribution in [2.24, 2.45) is 5.73 Å². The van der Waals surface area contributed by atoms with E-state index in [4.69, 9.17) is 10.8 Å². The van der Waals surface area contributed by atoms with E-state index < -0.39 is 54.0 Å². The van der Waals surface area contributed by atoms with Crippen LogP contribution in [0.25, 0.3) is 0 Å². The number of aliphatic carboxylic acids is 1.